The van der Waals surface area contributed by atoms with Crippen molar-refractivity contribution >= 4 is 19.7 Å². The van der Waals surface area contributed by atoms with E-state index < -0.39 is 26.5 Å². The first-order chi connectivity index (χ1) is 23.3. The number of nitrogens with one attached hydrogen (secondary N) is 1. The van der Waals surface area contributed by atoms with E-state index in [0.717, 1.165) is 51.4 Å². The molecule has 9 nitrogen and oxygen atoms in total. The van der Waals surface area contributed by atoms with Crippen molar-refractivity contribution in [3.05, 3.63) is 24.3 Å². The summed E-state index contributed by atoms with van der Waals surface area (Å²) in [6, 6.07) is 0. The highest BCUT2D eigenvalue weighted by molar-refractivity contribution is 7.47. The van der Waals surface area contributed by atoms with E-state index in [1.807, 2.05) is 0 Å². The first kappa shape index (κ1) is 46.5. The Morgan fingerprint density at radius 1 is 0.646 bits per heavy atom. The topological polar surface area (TPSA) is 131 Å². The molecule has 0 spiro atoms. The summed E-state index contributed by atoms with van der Waals surface area (Å²) in [7, 11) is -4.41. The van der Waals surface area contributed by atoms with Crippen LogP contribution in [-0.4, -0.2) is 54.3 Å². The van der Waals surface area contributed by atoms with Crippen LogP contribution < -0.4 is 5.32 Å². The number of esters is 1. The standard InChI is InChI=1S/C38H72NO8P/c1-3-5-7-9-11-13-14-15-16-17-18-19-20-21-23-24-26-28-30-37(41)39-32-33-46-48(43,44)47-35-36(40)34-45-38(42)31-29-27-25-22-12-10-8-6-4-2/h13-14,16-17,36,40H,3-12,15,18-35H2,1-2H3,(H,39,41)(H,43,44)/b14-13-,17-16-. The van der Waals surface area contributed by atoms with E-state index in [9.17, 15) is 24.2 Å². The second-order valence-electron chi connectivity index (χ2n) is 12.9. The lowest BCUT2D eigenvalue weighted by Gasteiger charge is -2.15. The number of carbonyl (C=O) groups excluding carboxylic acids is 2. The second kappa shape index (κ2) is 35.3. The molecule has 282 valence electrons. The van der Waals surface area contributed by atoms with Crippen molar-refractivity contribution in [1.82, 2.24) is 5.32 Å². The third-order valence-electron chi connectivity index (χ3n) is 8.13. The summed E-state index contributed by atoms with van der Waals surface area (Å²) in [5.41, 5.74) is 0. The molecular formula is C38H72NO8P. The van der Waals surface area contributed by atoms with Crippen LogP contribution in [0.1, 0.15) is 174 Å². The fourth-order valence-electron chi connectivity index (χ4n) is 5.17. The molecule has 0 aromatic carbocycles. The Labute approximate surface area is 293 Å². The molecule has 0 bridgehead atoms. The zero-order valence-corrected chi connectivity index (χ0v) is 31.6. The van der Waals surface area contributed by atoms with Gasteiger partial charge in [0.1, 0.15) is 12.7 Å². The number of phosphoric acid groups is 1. The predicted molar refractivity (Wildman–Crippen MR) is 197 cm³/mol. The quantitative estimate of drug-likeness (QED) is 0.0255. The van der Waals surface area contributed by atoms with Crippen molar-refractivity contribution in [2.24, 2.45) is 0 Å². The first-order valence-electron chi connectivity index (χ1n) is 19.3. The lowest BCUT2D eigenvalue weighted by Crippen LogP contribution is -2.27. The van der Waals surface area contributed by atoms with Crippen LogP contribution in [0, 0.1) is 0 Å². The van der Waals surface area contributed by atoms with Crippen LogP contribution in [0.2, 0.25) is 0 Å². The number of amides is 1. The van der Waals surface area contributed by atoms with Gasteiger partial charge in [-0.2, -0.15) is 0 Å². The number of phosphoric ester groups is 1. The van der Waals surface area contributed by atoms with Crippen molar-refractivity contribution in [2.45, 2.75) is 180 Å². The Morgan fingerprint density at radius 3 is 1.69 bits per heavy atom. The van der Waals surface area contributed by atoms with E-state index in [0.29, 0.717) is 6.42 Å². The van der Waals surface area contributed by atoms with Gasteiger partial charge in [0, 0.05) is 19.4 Å². The minimum Gasteiger partial charge on any atom is -0.463 e. The van der Waals surface area contributed by atoms with Crippen molar-refractivity contribution in [3.8, 4) is 0 Å². The number of aliphatic hydroxyl groups excluding tert-OH is 1. The van der Waals surface area contributed by atoms with Crippen LogP contribution in [0.4, 0.5) is 0 Å². The maximum Gasteiger partial charge on any atom is 0.472 e. The van der Waals surface area contributed by atoms with E-state index in [4.69, 9.17) is 13.8 Å². The van der Waals surface area contributed by atoms with Crippen LogP contribution in [0.15, 0.2) is 24.3 Å². The van der Waals surface area contributed by atoms with Crippen LogP contribution in [0.3, 0.4) is 0 Å². The van der Waals surface area contributed by atoms with Crippen LogP contribution in [-0.2, 0) is 27.9 Å². The summed E-state index contributed by atoms with van der Waals surface area (Å²) < 4.78 is 26.7. The largest absolute Gasteiger partial charge is 0.472 e. The third-order valence-corrected chi connectivity index (χ3v) is 9.12. The minimum atomic E-state index is -4.41. The zero-order chi connectivity index (χ0) is 35.4. The first-order valence-corrected chi connectivity index (χ1v) is 20.8. The number of carbonyl (C=O) groups is 2. The van der Waals surface area contributed by atoms with Crippen LogP contribution >= 0.6 is 7.82 Å². The molecule has 48 heavy (non-hydrogen) atoms. The summed E-state index contributed by atoms with van der Waals surface area (Å²) in [6.45, 7) is 3.49. The molecule has 0 radical (unpaired) electrons. The Morgan fingerprint density at radius 2 is 1.12 bits per heavy atom. The van der Waals surface area contributed by atoms with Crippen molar-refractivity contribution in [3.63, 3.8) is 0 Å². The van der Waals surface area contributed by atoms with Gasteiger partial charge in [-0.15, -0.1) is 0 Å². The van der Waals surface area contributed by atoms with E-state index >= 15 is 0 Å². The van der Waals surface area contributed by atoms with Gasteiger partial charge in [0.2, 0.25) is 5.91 Å². The number of ether oxygens (including phenoxy) is 1. The Bertz CT molecular complexity index is 851. The number of rotatable bonds is 36. The normalized spacial score (nSPS) is 13.7. The SMILES string of the molecule is CCCCCC/C=C\C/C=C\CCCCCCCCCC(=O)NCCOP(=O)(O)OCC(O)COC(=O)CCCCCCCCCCC. The average molecular weight is 702 g/mol. The molecule has 0 aliphatic rings. The summed E-state index contributed by atoms with van der Waals surface area (Å²) in [6.07, 6.45) is 35.4. The number of unbranched alkanes of at least 4 members (excludes halogenated alkanes) is 19. The monoisotopic (exact) mass is 701 g/mol. The molecule has 2 unspecified atom stereocenters. The van der Waals surface area contributed by atoms with Crippen molar-refractivity contribution in [2.75, 3.05) is 26.4 Å². The Hall–Kier alpha value is -1.51. The van der Waals surface area contributed by atoms with Gasteiger partial charge in [-0.05, 0) is 44.9 Å². The number of aliphatic hydroxyl groups is 1. The molecule has 3 N–H and O–H groups in total. The van der Waals surface area contributed by atoms with E-state index in [1.54, 1.807) is 0 Å². The lowest BCUT2D eigenvalue weighted by molar-refractivity contribution is -0.147. The lowest BCUT2D eigenvalue weighted by atomic mass is 10.1. The average Bonchev–Trinajstić information content (AvgIpc) is 3.07. The molecule has 0 aromatic heterocycles. The molecular weight excluding hydrogens is 629 g/mol. The van der Waals surface area contributed by atoms with E-state index in [2.05, 4.69) is 43.5 Å². The van der Waals surface area contributed by atoms with E-state index in [-0.39, 0.29) is 32.1 Å². The van der Waals surface area contributed by atoms with E-state index in [1.165, 1.54) is 96.3 Å². The van der Waals surface area contributed by atoms with Gasteiger partial charge in [-0.25, -0.2) is 4.57 Å². The molecule has 0 fully saturated rings. The smallest absolute Gasteiger partial charge is 0.463 e. The van der Waals surface area contributed by atoms with Crippen LogP contribution in [0.25, 0.3) is 0 Å². The fraction of sp³-hybridized carbons (Fsp3) is 0.842. The van der Waals surface area contributed by atoms with Gasteiger partial charge in [-0.3, -0.25) is 18.6 Å². The number of allylic oxidation sites excluding steroid dienone is 4. The number of hydrogen-bond acceptors (Lipinski definition) is 7. The van der Waals surface area contributed by atoms with Gasteiger partial charge < -0.3 is 20.1 Å². The van der Waals surface area contributed by atoms with Gasteiger partial charge in [-0.1, -0.05) is 141 Å². The summed E-state index contributed by atoms with van der Waals surface area (Å²) in [4.78, 5) is 33.7. The van der Waals surface area contributed by atoms with Gasteiger partial charge in [0.25, 0.3) is 0 Å². The second-order valence-corrected chi connectivity index (χ2v) is 14.4. The fourth-order valence-corrected chi connectivity index (χ4v) is 5.93. The van der Waals surface area contributed by atoms with Gasteiger partial charge in [0.15, 0.2) is 0 Å². The predicted octanol–water partition coefficient (Wildman–Crippen LogP) is 10.0. The Kier molecular flexibility index (Phi) is 34.2. The zero-order valence-electron chi connectivity index (χ0n) is 30.7. The molecule has 1 amide bonds. The summed E-state index contributed by atoms with van der Waals surface area (Å²) in [5.74, 6) is -0.526. The highest BCUT2D eigenvalue weighted by Gasteiger charge is 2.23. The molecule has 0 saturated heterocycles. The van der Waals surface area contributed by atoms with Crippen molar-refractivity contribution in [1.29, 1.82) is 0 Å². The number of hydrogen-bond donors (Lipinski definition) is 3. The maximum atomic E-state index is 12.0. The Balaban J connectivity index is 3.61. The third kappa shape index (κ3) is 35.8. The summed E-state index contributed by atoms with van der Waals surface area (Å²) >= 11 is 0. The molecule has 0 aliphatic heterocycles. The molecule has 0 heterocycles. The minimum absolute atomic E-state index is 0.0789. The molecule has 10 heteroatoms. The maximum absolute atomic E-state index is 12.0. The van der Waals surface area contributed by atoms with Gasteiger partial charge >= 0.3 is 13.8 Å². The highest BCUT2D eigenvalue weighted by Crippen LogP contribution is 2.42. The summed E-state index contributed by atoms with van der Waals surface area (Å²) in [5, 5.41) is 12.6. The van der Waals surface area contributed by atoms with Gasteiger partial charge in [0.05, 0.1) is 13.2 Å². The van der Waals surface area contributed by atoms with Crippen molar-refractivity contribution < 1.29 is 37.9 Å². The van der Waals surface area contributed by atoms with Crippen LogP contribution in [0.5, 0.6) is 0 Å². The molecule has 0 aromatic rings. The molecule has 0 rings (SSSR count). The molecule has 0 aliphatic carbocycles. The molecule has 0 saturated carbocycles. The highest BCUT2D eigenvalue weighted by atomic mass is 31.2. The molecule has 2 atom stereocenters.